The van der Waals surface area contributed by atoms with Crippen LogP contribution in [0.15, 0.2) is 91.0 Å². The van der Waals surface area contributed by atoms with E-state index in [4.69, 9.17) is 4.74 Å². The van der Waals surface area contributed by atoms with Gasteiger partial charge >= 0.3 is 0 Å². The molecule has 148 valence electrons. The molecule has 1 heterocycles. The number of nitrogens with one attached hydrogen (secondary N) is 1. The molecule has 0 radical (unpaired) electrons. The number of hydrogen-bond acceptors (Lipinski definition) is 2. The molecule has 1 atom stereocenters. The molecule has 29 heavy (non-hydrogen) atoms. The Hall–Kier alpha value is -2.91. The molecule has 4 rings (SSSR count). The largest absolute Gasteiger partial charge is 0.359 e. The summed E-state index contributed by atoms with van der Waals surface area (Å²) in [4.78, 5) is 12.3. The van der Waals surface area contributed by atoms with Crippen LogP contribution in [0.25, 0.3) is 0 Å². The number of hydrogen-bond donors (Lipinski definition) is 1. The molecule has 0 aliphatic carbocycles. The van der Waals surface area contributed by atoms with Crippen molar-refractivity contribution in [1.82, 2.24) is 5.32 Å². The Balaban J connectivity index is 1.79. The van der Waals surface area contributed by atoms with Crippen LogP contribution in [0.4, 0.5) is 0 Å². The van der Waals surface area contributed by atoms with Crippen LogP contribution in [0.2, 0.25) is 0 Å². The van der Waals surface area contributed by atoms with Crippen LogP contribution in [0.3, 0.4) is 0 Å². The van der Waals surface area contributed by atoms with E-state index >= 15 is 0 Å². The lowest BCUT2D eigenvalue weighted by Crippen LogP contribution is -2.38. The predicted octanol–water partition coefficient (Wildman–Crippen LogP) is 4.91. The molecule has 1 aliphatic heterocycles. The van der Waals surface area contributed by atoms with Gasteiger partial charge in [0.25, 0.3) is 0 Å². The smallest absolute Gasteiger partial charge is 0.226 e. The Labute approximate surface area is 172 Å². The Bertz CT molecular complexity index is 855. The van der Waals surface area contributed by atoms with Crippen LogP contribution in [-0.2, 0) is 15.1 Å². The van der Waals surface area contributed by atoms with Crippen LogP contribution in [0, 0.1) is 5.41 Å². The summed E-state index contributed by atoms with van der Waals surface area (Å²) in [5.41, 5.74) is 2.10. The predicted molar refractivity (Wildman–Crippen MR) is 115 cm³/mol. The van der Waals surface area contributed by atoms with Gasteiger partial charge in [-0.25, -0.2) is 0 Å². The van der Waals surface area contributed by atoms with E-state index in [9.17, 15) is 4.79 Å². The molecule has 0 spiro atoms. The van der Waals surface area contributed by atoms with Crippen molar-refractivity contribution in [2.75, 3.05) is 6.61 Å². The summed E-state index contributed by atoms with van der Waals surface area (Å²) in [7, 11) is 0. The van der Waals surface area contributed by atoms with Crippen molar-refractivity contribution >= 4 is 5.91 Å². The maximum absolute atomic E-state index is 12.3. The number of benzene rings is 3. The summed E-state index contributed by atoms with van der Waals surface area (Å²) in [6, 6.07) is 30.9. The first-order chi connectivity index (χ1) is 14.0. The minimum absolute atomic E-state index is 0.00647. The van der Waals surface area contributed by atoms with E-state index in [1.807, 2.05) is 68.4 Å². The summed E-state index contributed by atoms with van der Waals surface area (Å²) in [5.74, 6) is 0.0934. The van der Waals surface area contributed by atoms with E-state index in [0.29, 0.717) is 6.61 Å². The maximum Gasteiger partial charge on any atom is 0.226 e. The van der Waals surface area contributed by atoms with Crippen molar-refractivity contribution in [2.45, 2.75) is 31.9 Å². The number of rotatable bonds is 6. The number of carbonyl (C=O) groups is 1. The first-order valence-electron chi connectivity index (χ1n) is 10.1. The van der Waals surface area contributed by atoms with Gasteiger partial charge in [0.2, 0.25) is 5.91 Å². The molecule has 0 unspecified atom stereocenters. The number of amides is 1. The van der Waals surface area contributed by atoms with E-state index in [1.54, 1.807) is 0 Å². The van der Waals surface area contributed by atoms with Gasteiger partial charge in [-0.1, -0.05) is 105 Å². The van der Waals surface area contributed by atoms with E-state index in [1.165, 1.54) is 0 Å². The zero-order valence-electron chi connectivity index (χ0n) is 17.0. The molecule has 1 amide bonds. The van der Waals surface area contributed by atoms with Crippen molar-refractivity contribution < 1.29 is 9.53 Å². The van der Waals surface area contributed by atoms with Gasteiger partial charge in [0.1, 0.15) is 5.60 Å². The van der Waals surface area contributed by atoms with E-state index < -0.39 is 5.60 Å². The van der Waals surface area contributed by atoms with Gasteiger partial charge < -0.3 is 10.1 Å². The molecule has 1 fully saturated rings. The van der Waals surface area contributed by atoms with Gasteiger partial charge in [-0.05, 0) is 23.1 Å². The van der Waals surface area contributed by atoms with E-state index in [2.05, 4.69) is 41.7 Å². The second kappa shape index (κ2) is 7.84. The van der Waals surface area contributed by atoms with Crippen molar-refractivity contribution in [3.05, 3.63) is 108 Å². The maximum atomic E-state index is 12.3. The fraction of sp³-hybridized carbons (Fsp3) is 0.269. The summed E-state index contributed by atoms with van der Waals surface area (Å²) in [6.07, 6.45) is 0.764. The molecule has 0 bridgehead atoms. The van der Waals surface area contributed by atoms with Gasteiger partial charge in [0, 0.05) is 5.41 Å². The van der Waals surface area contributed by atoms with Crippen molar-refractivity contribution in [1.29, 1.82) is 0 Å². The van der Waals surface area contributed by atoms with Crippen LogP contribution in [0.5, 0.6) is 0 Å². The van der Waals surface area contributed by atoms with Gasteiger partial charge in [0.05, 0.1) is 12.6 Å². The average Bonchev–Trinajstić information content (AvgIpc) is 3.02. The van der Waals surface area contributed by atoms with E-state index in [0.717, 1.165) is 23.1 Å². The molecule has 3 aromatic carbocycles. The molecule has 1 saturated heterocycles. The van der Waals surface area contributed by atoms with E-state index in [-0.39, 0.29) is 17.4 Å². The summed E-state index contributed by atoms with van der Waals surface area (Å²) in [5, 5.41) is 3.11. The fourth-order valence-corrected chi connectivity index (χ4v) is 4.24. The van der Waals surface area contributed by atoms with Gasteiger partial charge in [-0.15, -0.1) is 0 Å². The molecule has 3 nitrogen and oxygen atoms in total. The summed E-state index contributed by atoms with van der Waals surface area (Å²) >= 11 is 0. The quantitative estimate of drug-likeness (QED) is 0.612. The molecular weight excluding hydrogens is 358 g/mol. The SMILES string of the molecule is CC1(C)C[C@@H](COC(c2ccccc2)(c2ccccc2)c2ccccc2)NC1=O. The fourth-order valence-electron chi connectivity index (χ4n) is 4.24. The Morgan fingerprint density at radius 2 is 1.24 bits per heavy atom. The van der Waals surface area contributed by atoms with Crippen LogP contribution < -0.4 is 5.32 Å². The highest BCUT2D eigenvalue weighted by Gasteiger charge is 2.42. The minimum Gasteiger partial charge on any atom is -0.359 e. The Kier molecular flexibility index (Phi) is 5.25. The van der Waals surface area contributed by atoms with Gasteiger partial charge in [-0.3, -0.25) is 4.79 Å². The third-order valence-corrected chi connectivity index (χ3v) is 5.75. The third kappa shape index (κ3) is 3.70. The van der Waals surface area contributed by atoms with Crippen LogP contribution in [0.1, 0.15) is 37.0 Å². The van der Waals surface area contributed by atoms with Crippen molar-refractivity contribution in [3.8, 4) is 0 Å². The highest BCUT2D eigenvalue weighted by atomic mass is 16.5. The van der Waals surface area contributed by atoms with Crippen molar-refractivity contribution in [2.24, 2.45) is 5.41 Å². The molecule has 0 saturated carbocycles. The van der Waals surface area contributed by atoms with Crippen molar-refractivity contribution in [3.63, 3.8) is 0 Å². The highest BCUT2D eigenvalue weighted by Crippen LogP contribution is 2.41. The summed E-state index contributed by atoms with van der Waals surface area (Å²) in [6.45, 7) is 4.41. The summed E-state index contributed by atoms with van der Waals surface area (Å²) < 4.78 is 6.80. The first-order valence-corrected chi connectivity index (χ1v) is 10.1. The molecule has 1 N–H and O–H groups in total. The zero-order chi connectivity index (χ0) is 20.3. The van der Waals surface area contributed by atoms with Crippen LogP contribution >= 0.6 is 0 Å². The Morgan fingerprint density at radius 3 is 1.59 bits per heavy atom. The standard InChI is InChI=1S/C26H27NO2/c1-25(2)18-23(27-24(25)28)19-29-26(20-12-6-3-7-13-20,21-14-8-4-9-15-21)22-16-10-5-11-17-22/h3-17,23H,18-19H2,1-2H3,(H,27,28)/t23-/m0/s1. The lowest BCUT2D eigenvalue weighted by molar-refractivity contribution is -0.126. The number of carbonyl (C=O) groups excluding carboxylic acids is 1. The van der Waals surface area contributed by atoms with Crippen LogP contribution in [-0.4, -0.2) is 18.6 Å². The monoisotopic (exact) mass is 385 g/mol. The molecule has 0 aromatic heterocycles. The molecular formula is C26H27NO2. The minimum atomic E-state index is -0.749. The Morgan fingerprint density at radius 1 is 0.828 bits per heavy atom. The molecule has 3 aromatic rings. The second-order valence-electron chi connectivity index (χ2n) is 8.35. The van der Waals surface area contributed by atoms with Gasteiger partial charge in [-0.2, -0.15) is 0 Å². The first kappa shape index (κ1) is 19.4. The highest BCUT2D eigenvalue weighted by molar-refractivity contribution is 5.84. The molecule has 1 aliphatic rings. The third-order valence-electron chi connectivity index (χ3n) is 5.75. The second-order valence-corrected chi connectivity index (χ2v) is 8.35. The lowest BCUT2D eigenvalue weighted by atomic mass is 9.80. The zero-order valence-corrected chi connectivity index (χ0v) is 17.0. The number of ether oxygens (including phenoxy) is 1. The average molecular weight is 386 g/mol. The van der Waals surface area contributed by atoms with Gasteiger partial charge in [0.15, 0.2) is 0 Å². The normalized spacial score (nSPS) is 18.4. The lowest BCUT2D eigenvalue weighted by Gasteiger charge is -2.36. The topological polar surface area (TPSA) is 38.3 Å². The molecule has 3 heteroatoms.